The van der Waals surface area contributed by atoms with Crippen molar-refractivity contribution in [3.8, 4) is 6.07 Å². The number of thiophene rings is 1. The van der Waals surface area contributed by atoms with Gasteiger partial charge in [0.25, 0.3) is 5.69 Å². The van der Waals surface area contributed by atoms with Gasteiger partial charge in [-0.2, -0.15) is 5.26 Å². The highest BCUT2D eigenvalue weighted by molar-refractivity contribution is 7.10. The Bertz CT molecular complexity index is 706. The Morgan fingerprint density at radius 1 is 1.43 bits per heavy atom. The van der Waals surface area contributed by atoms with Crippen LogP contribution in [0.3, 0.4) is 0 Å². The van der Waals surface area contributed by atoms with E-state index in [9.17, 15) is 10.1 Å². The van der Waals surface area contributed by atoms with Gasteiger partial charge < -0.3 is 4.90 Å². The number of nitrogens with zero attached hydrogens (tertiary/aromatic N) is 3. The lowest BCUT2D eigenvalue weighted by Gasteiger charge is -2.25. The van der Waals surface area contributed by atoms with Crippen LogP contribution in [0.1, 0.15) is 29.3 Å². The molecule has 1 aliphatic rings. The zero-order chi connectivity index (χ0) is 14.8. The molecule has 0 bridgehead atoms. The Labute approximate surface area is 126 Å². The molecule has 0 saturated carbocycles. The number of nitriles is 1. The van der Waals surface area contributed by atoms with E-state index < -0.39 is 0 Å². The van der Waals surface area contributed by atoms with Crippen LogP contribution in [0.4, 0.5) is 11.4 Å². The second kappa shape index (κ2) is 5.54. The average Bonchev–Trinajstić information content (AvgIpc) is 3.16. The highest BCUT2D eigenvalue weighted by atomic mass is 32.1. The molecule has 2 aromatic rings. The molecule has 21 heavy (non-hydrogen) atoms. The SMILES string of the molecule is N#Cc1ccc([N+](=O)[O-])c(N2CCCC2c2cccs2)c1. The van der Waals surface area contributed by atoms with Gasteiger partial charge in [-0.1, -0.05) is 6.07 Å². The van der Waals surface area contributed by atoms with Gasteiger partial charge in [0.15, 0.2) is 0 Å². The average molecular weight is 299 g/mol. The number of hydrogen-bond acceptors (Lipinski definition) is 5. The van der Waals surface area contributed by atoms with Crippen LogP contribution in [0.15, 0.2) is 35.7 Å². The molecule has 0 radical (unpaired) electrons. The van der Waals surface area contributed by atoms with E-state index in [-0.39, 0.29) is 16.7 Å². The van der Waals surface area contributed by atoms with E-state index in [1.54, 1.807) is 17.4 Å². The highest BCUT2D eigenvalue weighted by Gasteiger charge is 2.31. The summed E-state index contributed by atoms with van der Waals surface area (Å²) in [5.74, 6) is 0. The van der Waals surface area contributed by atoms with E-state index in [1.807, 2.05) is 11.4 Å². The smallest absolute Gasteiger partial charge is 0.292 e. The molecular weight excluding hydrogens is 286 g/mol. The van der Waals surface area contributed by atoms with Crippen molar-refractivity contribution in [1.82, 2.24) is 0 Å². The molecule has 3 rings (SSSR count). The molecule has 1 aromatic carbocycles. The van der Waals surface area contributed by atoms with Crippen LogP contribution >= 0.6 is 11.3 Å². The first-order valence-electron chi connectivity index (χ1n) is 6.69. The summed E-state index contributed by atoms with van der Waals surface area (Å²) in [5.41, 5.74) is 1.07. The Morgan fingerprint density at radius 3 is 2.95 bits per heavy atom. The zero-order valence-electron chi connectivity index (χ0n) is 11.2. The fraction of sp³-hybridized carbons (Fsp3) is 0.267. The summed E-state index contributed by atoms with van der Waals surface area (Å²) in [6.07, 6.45) is 1.98. The molecule has 1 fully saturated rings. The molecule has 5 nitrogen and oxygen atoms in total. The van der Waals surface area contributed by atoms with Crippen molar-refractivity contribution in [2.75, 3.05) is 11.4 Å². The third-order valence-electron chi connectivity index (χ3n) is 3.74. The summed E-state index contributed by atoms with van der Waals surface area (Å²) < 4.78 is 0. The van der Waals surface area contributed by atoms with Gasteiger partial charge in [-0.3, -0.25) is 10.1 Å². The van der Waals surface area contributed by atoms with E-state index in [0.717, 1.165) is 19.4 Å². The van der Waals surface area contributed by atoms with Crippen LogP contribution in [-0.2, 0) is 0 Å². The third-order valence-corrected chi connectivity index (χ3v) is 4.71. The van der Waals surface area contributed by atoms with Gasteiger partial charge in [-0.05, 0) is 36.4 Å². The molecule has 1 atom stereocenters. The molecule has 0 aliphatic carbocycles. The van der Waals surface area contributed by atoms with Crippen LogP contribution < -0.4 is 4.90 Å². The van der Waals surface area contributed by atoms with Gasteiger partial charge in [0.1, 0.15) is 5.69 Å². The van der Waals surface area contributed by atoms with E-state index in [2.05, 4.69) is 17.0 Å². The molecule has 1 unspecified atom stereocenters. The number of rotatable bonds is 3. The lowest BCUT2D eigenvalue weighted by Crippen LogP contribution is -2.22. The minimum Gasteiger partial charge on any atom is -0.358 e. The Hall–Kier alpha value is -2.39. The number of nitro benzene ring substituents is 1. The fourth-order valence-corrected chi connectivity index (χ4v) is 3.68. The predicted octanol–water partition coefficient (Wildman–Crippen LogP) is 3.87. The van der Waals surface area contributed by atoms with Crippen LogP contribution in [-0.4, -0.2) is 11.5 Å². The minimum absolute atomic E-state index is 0.0671. The maximum Gasteiger partial charge on any atom is 0.292 e. The van der Waals surface area contributed by atoms with Crippen LogP contribution in [0.2, 0.25) is 0 Å². The number of hydrogen-bond donors (Lipinski definition) is 0. The quantitative estimate of drug-likeness (QED) is 0.637. The monoisotopic (exact) mass is 299 g/mol. The van der Waals surface area contributed by atoms with Crippen molar-refractivity contribution >= 4 is 22.7 Å². The van der Waals surface area contributed by atoms with Crippen molar-refractivity contribution in [2.24, 2.45) is 0 Å². The van der Waals surface area contributed by atoms with Gasteiger partial charge in [0.2, 0.25) is 0 Å². The van der Waals surface area contributed by atoms with Gasteiger partial charge in [0.05, 0.1) is 22.6 Å². The molecule has 6 heteroatoms. The van der Waals surface area contributed by atoms with E-state index in [0.29, 0.717) is 11.3 Å². The summed E-state index contributed by atoms with van der Waals surface area (Å²) in [5, 5.41) is 22.3. The largest absolute Gasteiger partial charge is 0.358 e. The second-order valence-electron chi connectivity index (χ2n) is 4.94. The predicted molar refractivity (Wildman–Crippen MR) is 81.5 cm³/mol. The number of anilines is 1. The van der Waals surface area contributed by atoms with Crippen molar-refractivity contribution in [3.63, 3.8) is 0 Å². The molecule has 106 valence electrons. The van der Waals surface area contributed by atoms with Crippen molar-refractivity contribution in [1.29, 1.82) is 5.26 Å². The third kappa shape index (κ3) is 2.48. The Balaban J connectivity index is 2.06. The molecule has 1 aromatic heterocycles. The number of nitro groups is 1. The molecule has 0 amide bonds. The first-order chi connectivity index (χ1) is 10.2. The van der Waals surface area contributed by atoms with Crippen LogP contribution in [0.5, 0.6) is 0 Å². The molecule has 2 heterocycles. The number of benzene rings is 1. The summed E-state index contributed by atoms with van der Waals surface area (Å²) in [6, 6.07) is 10.8. The zero-order valence-corrected chi connectivity index (χ0v) is 12.0. The van der Waals surface area contributed by atoms with E-state index >= 15 is 0 Å². The van der Waals surface area contributed by atoms with Gasteiger partial charge in [-0.15, -0.1) is 11.3 Å². The summed E-state index contributed by atoms with van der Waals surface area (Å²) >= 11 is 1.67. The van der Waals surface area contributed by atoms with Crippen molar-refractivity contribution in [2.45, 2.75) is 18.9 Å². The summed E-state index contributed by atoms with van der Waals surface area (Å²) in [7, 11) is 0. The molecule has 0 spiro atoms. The van der Waals surface area contributed by atoms with Gasteiger partial charge in [0, 0.05) is 17.5 Å². The summed E-state index contributed by atoms with van der Waals surface area (Å²) in [6.45, 7) is 0.776. The van der Waals surface area contributed by atoms with Crippen molar-refractivity contribution in [3.05, 3.63) is 56.3 Å². The Morgan fingerprint density at radius 2 is 2.29 bits per heavy atom. The van der Waals surface area contributed by atoms with Crippen LogP contribution in [0.25, 0.3) is 0 Å². The topological polar surface area (TPSA) is 70.2 Å². The first-order valence-corrected chi connectivity index (χ1v) is 7.57. The maximum atomic E-state index is 11.3. The lowest BCUT2D eigenvalue weighted by atomic mass is 10.1. The Kier molecular flexibility index (Phi) is 3.59. The highest BCUT2D eigenvalue weighted by Crippen LogP contribution is 2.41. The molecule has 0 N–H and O–H groups in total. The van der Waals surface area contributed by atoms with Crippen LogP contribution in [0, 0.1) is 21.4 Å². The van der Waals surface area contributed by atoms with Gasteiger partial charge >= 0.3 is 0 Å². The standard InChI is InChI=1S/C15H13N3O2S/c16-10-11-5-6-12(18(19)20)14(9-11)17-7-1-3-13(17)15-4-2-8-21-15/h2,4-6,8-9,13H,1,3,7H2. The first kappa shape index (κ1) is 13.6. The lowest BCUT2D eigenvalue weighted by molar-refractivity contribution is -0.384. The van der Waals surface area contributed by atoms with Crippen molar-refractivity contribution < 1.29 is 4.92 Å². The maximum absolute atomic E-state index is 11.3. The normalized spacial score (nSPS) is 17.7. The minimum atomic E-state index is -0.375. The second-order valence-corrected chi connectivity index (χ2v) is 5.92. The van der Waals surface area contributed by atoms with Gasteiger partial charge in [-0.25, -0.2) is 0 Å². The molecule has 1 aliphatic heterocycles. The molecule has 1 saturated heterocycles. The summed E-state index contributed by atoms with van der Waals surface area (Å²) in [4.78, 5) is 14.2. The fourth-order valence-electron chi connectivity index (χ4n) is 2.81. The van der Waals surface area contributed by atoms with E-state index in [1.165, 1.54) is 17.0 Å². The van der Waals surface area contributed by atoms with E-state index in [4.69, 9.17) is 5.26 Å². The molecular formula is C15H13N3O2S.